The summed E-state index contributed by atoms with van der Waals surface area (Å²) in [6.45, 7) is 10.7. The maximum Gasteiger partial charge on any atom is 0.443 e. The minimum atomic E-state index is -4.91. The van der Waals surface area contributed by atoms with Crippen molar-refractivity contribution in [3.8, 4) is 0 Å². The number of epoxide rings is 1. The van der Waals surface area contributed by atoms with Crippen molar-refractivity contribution in [2.45, 2.75) is 158 Å². The summed E-state index contributed by atoms with van der Waals surface area (Å²) in [5.41, 5.74) is -2.07. The number of hydrogen-bond donors (Lipinski definition) is 0. The van der Waals surface area contributed by atoms with Gasteiger partial charge < -0.3 is 33.2 Å². The summed E-state index contributed by atoms with van der Waals surface area (Å²) in [6, 6.07) is 0. The number of halogens is 4. The first kappa shape index (κ1) is 36.6. The fraction of sp³-hybridized carbons (Fsp3) is 0.946. The first-order valence-corrected chi connectivity index (χ1v) is 19.3. The van der Waals surface area contributed by atoms with Gasteiger partial charge in [-0.15, -0.1) is 0 Å². The summed E-state index contributed by atoms with van der Waals surface area (Å²) in [5, 5.41) is 0. The van der Waals surface area contributed by atoms with Crippen LogP contribution < -0.4 is 0 Å². The van der Waals surface area contributed by atoms with Gasteiger partial charge in [0.05, 0.1) is 19.5 Å². The van der Waals surface area contributed by atoms with Gasteiger partial charge in [0.15, 0.2) is 29.6 Å². The minimum absolute atomic E-state index is 0.0837. The number of alkyl halides is 3. The molecule has 11 rings (SSSR count). The molecule has 2 spiro atoms. The molecule has 11 aliphatic rings. The molecule has 9 heterocycles. The Kier molecular flexibility index (Phi) is 8.47. The molecule has 9 aliphatic heterocycles. The third-order valence-electron chi connectivity index (χ3n) is 14.9. The van der Waals surface area contributed by atoms with Gasteiger partial charge in [-0.1, -0.05) is 27.7 Å². The summed E-state index contributed by atoms with van der Waals surface area (Å²) in [7, 11) is 0. The van der Waals surface area contributed by atoms with Crippen molar-refractivity contribution < 1.29 is 70.3 Å². The van der Waals surface area contributed by atoms with Crippen molar-refractivity contribution in [3.63, 3.8) is 0 Å². The molecule has 52 heavy (non-hydrogen) atoms. The predicted octanol–water partition coefficient (Wildman–Crippen LogP) is 6.99. The van der Waals surface area contributed by atoms with E-state index in [2.05, 4.69) is 13.8 Å². The summed E-state index contributed by atoms with van der Waals surface area (Å²) in [5.74, 6) is -8.55. The normalized spacial score (nSPS) is 58.0. The molecule has 9 saturated heterocycles. The van der Waals surface area contributed by atoms with E-state index in [0.717, 1.165) is 25.7 Å². The zero-order valence-electron chi connectivity index (χ0n) is 30.7. The Morgan fingerprint density at radius 1 is 0.635 bits per heavy atom. The predicted molar refractivity (Wildman–Crippen MR) is 168 cm³/mol. The third kappa shape index (κ3) is 5.02. The smallest absolute Gasteiger partial charge is 0.365 e. The molecule has 0 radical (unpaired) electrons. The van der Waals surface area contributed by atoms with E-state index in [1.165, 1.54) is 13.0 Å². The Morgan fingerprint density at radius 3 is 1.69 bits per heavy atom. The highest BCUT2D eigenvalue weighted by Gasteiger charge is 2.78. The quantitative estimate of drug-likeness (QED) is 0.153. The molecule has 0 aromatic carbocycles. The lowest BCUT2D eigenvalue weighted by Crippen LogP contribution is -2.76. The zero-order valence-corrected chi connectivity index (χ0v) is 30.7. The summed E-state index contributed by atoms with van der Waals surface area (Å²) in [4.78, 5) is 24.0. The number of ether oxygens (including phenoxy) is 7. The molecule has 2 saturated carbocycles. The van der Waals surface area contributed by atoms with Crippen LogP contribution >= 0.6 is 0 Å². The van der Waals surface area contributed by atoms with Crippen LogP contribution in [0.4, 0.5) is 17.6 Å². The van der Waals surface area contributed by atoms with E-state index in [1.807, 2.05) is 6.92 Å². The Bertz CT molecular complexity index is 1440. The lowest BCUT2D eigenvalue weighted by molar-refractivity contribution is -0.599. The van der Waals surface area contributed by atoms with Gasteiger partial charge in [0.25, 0.3) is 5.79 Å². The Hall–Kier alpha value is -0.980. The number of rotatable bonds is 7. The van der Waals surface area contributed by atoms with Gasteiger partial charge >= 0.3 is 6.18 Å². The monoisotopic (exact) mass is 748 g/mol. The topological polar surface area (TPSA) is 105 Å². The van der Waals surface area contributed by atoms with Crippen molar-refractivity contribution in [1.29, 1.82) is 0 Å². The van der Waals surface area contributed by atoms with E-state index in [0.29, 0.717) is 37.9 Å². The van der Waals surface area contributed by atoms with Gasteiger partial charge in [0.2, 0.25) is 11.6 Å². The fourth-order valence-electron chi connectivity index (χ4n) is 11.8. The second-order valence-corrected chi connectivity index (χ2v) is 17.6. The molecule has 0 aromatic heterocycles. The lowest BCUT2D eigenvalue weighted by atomic mass is 9.57. The summed E-state index contributed by atoms with van der Waals surface area (Å²) >= 11 is 0. The molecule has 18 atom stereocenters. The van der Waals surface area contributed by atoms with Gasteiger partial charge in [0.1, 0.15) is 12.2 Å². The standard InChI is InChI=1S/C37H52F4O11/c1-19-7-9-25-21(3)33(15-16-38,47-29-34(25)23(19)11-13-31(5,45-29)49-51-34)42-17-27-28(44-27)18-43-36(37(39,40)41)22(4)26-10-8-20(2)24-12-14-32(6)46-30(48-36)35(24,26)52-50-32/h15-16,19-30H,7-14,17-18H2,1-6H3/b16-15-/t19-,20-,21-,22-,23+,24+,25+,26+,27+,28+,29+,30+,31+,32+,33+,34-,35-,36-/m1/s1. The molecule has 11 fully saturated rings. The van der Waals surface area contributed by atoms with Crippen molar-refractivity contribution in [3.05, 3.63) is 12.4 Å². The van der Waals surface area contributed by atoms with Gasteiger partial charge in [-0.3, -0.25) is 0 Å². The Labute approximate surface area is 301 Å². The summed E-state index contributed by atoms with van der Waals surface area (Å²) < 4.78 is 103. The minimum Gasteiger partial charge on any atom is -0.365 e. The van der Waals surface area contributed by atoms with E-state index in [9.17, 15) is 4.39 Å². The van der Waals surface area contributed by atoms with E-state index in [4.69, 9.17) is 52.7 Å². The molecule has 11 nitrogen and oxygen atoms in total. The molecule has 4 bridgehead atoms. The van der Waals surface area contributed by atoms with Crippen LogP contribution in [0.15, 0.2) is 12.4 Å². The highest BCUT2D eigenvalue weighted by molar-refractivity contribution is 5.16. The number of hydrogen-bond acceptors (Lipinski definition) is 11. The van der Waals surface area contributed by atoms with Crippen LogP contribution in [0.2, 0.25) is 0 Å². The Balaban J connectivity index is 0.921. The van der Waals surface area contributed by atoms with Crippen LogP contribution in [-0.4, -0.2) is 78.5 Å². The SMILES string of the molecule is C[C@@H]1CC[C@H]2[C@@H](C)[C@@](/C=C\F)(OC[C@@H]3O[C@H]3CO[C@@]3(C(F)(F)F)O[C@@H]4O[C@]5(C)CC[C@H]6[C@H](C)CC[C@@H]([C@H]3C)[C@@]46OO5)O[C@@H]3O[C@]4(C)CC[C@@H]1[C@]32OO4. The lowest BCUT2D eigenvalue weighted by Gasteiger charge is -2.62. The first-order chi connectivity index (χ1) is 24.6. The second-order valence-electron chi connectivity index (χ2n) is 17.6. The van der Waals surface area contributed by atoms with Crippen LogP contribution in [0.25, 0.3) is 0 Å². The van der Waals surface area contributed by atoms with Gasteiger partial charge in [-0.2, -0.15) is 13.2 Å². The maximum atomic E-state index is 15.3. The molecule has 15 heteroatoms. The van der Waals surface area contributed by atoms with E-state index >= 15 is 13.2 Å². The Morgan fingerprint density at radius 2 is 1.15 bits per heavy atom. The van der Waals surface area contributed by atoms with Crippen molar-refractivity contribution in [2.24, 2.45) is 47.3 Å². The average molecular weight is 749 g/mol. The molecule has 0 unspecified atom stereocenters. The summed E-state index contributed by atoms with van der Waals surface area (Å²) in [6.07, 6.45) is -1.31. The molecule has 0 N–H and O–H groups in total. The fourth-order valence-corrected chi connectivity index (χ4v) is 11.8. The van der Waals surface area contributed by atoms with E-state index < -0.39 is 89.7 Å². The van der Waals surface area contributed by atoms with E-state index in [1.54, 1.807) is 13.8 Å². The third-order valence-corrected chi connectivity index (χ3v) is 14.9. The molecular weight excluding hydrogens is 696 g/mol. The van der Waals surface area contributed by atoms with Crippen LogP contribution in [0.5, 0.6) is 0 Å². The number of fused-ring (bicyclic) bond motifs is 4. The first-order valence-electron chi connectivity index (χ1n) is 19.3. The van der Waals surface area contributed by atoms with Gasteiger partial charge in [-0.25, -0.2) is 23.9 Å². The average Bonchev–Trinajstić information content (AvgIpc) is 3.91. The van der Waals surface area contributed by atoms with Crippen LogP contribution in [0.3, 0.4) is 0 Å². The largest absolute Gasteiger partial charge is 0.443 e. The molecule has 2 aliphatic carbocycles. The van der Waals surface area contributed by atoms with Gasteiger partial charge in [-0.05, 0) is 76.0 Å². The van der Waals surface area contributed by atoms with E-state index in [-0.39, 0.29) is 30.3 Å². The molecule has 0 aromatic rings. The highest BCUT2D eigenvalue weighted by Crippen LogP contribution is 2.65. The van der Waals surface area contributed by atoms with Crippen LogP contribution in [0, 0.1) is 47.3 Å². The van der Waals surface area contributed by atoms with Crippen molar-refractivity contribution >= 4 is 0 Å². The highest BCUT2D eigenvalue weighted by atomic mass is 19.4. The molecular formula is C37H52F4O11. The second kappa shape index (κ2) is 12.0. The molecule has 294 valence electrons. The van der Waals surface area contributed by atoms with Crippen LogP contribution in [-0.2, 0) is 52.7 Å². The van der Waals surface area contributed by atoms with Crippen molar-refractivity contribution in [1.82, 2.24) is 0 Å². The van der Waals surface area contributed by atoms with Crippen LogP contribution in [0.1, 0.15) is 92.9 Å². The maximum absolute atomic E-state index is 15.3. The van der Waals surface area contributed by atoms with Gasteiger partial charge in [0, 0.05) is 42.6 Å². The molecule has 0 amide bonds. The zero-order chi connectivity index (χ0) is 36.7. The van der Waals surface area contributed by atoms with Crippen molar-refractivity contribution in [2.75, 3.05) is 13.2 Å².